The molecule has 0 aliphatic heterocycles. The van der Waals surface area contributed by atoms with E-state index in [1.807, 2.05) is 13.0 Å². The average Bonchev–Trinajstić information content (AvgIpc) is 2.66. The van der Waals surface area contributed by atoms with Gasteiger partial charge in [-0.2, -0.15) is 0 Å². The summed E-state index contributed by atoms with van der Waals surface area (Å²) < 4.78 is 18.5. The quantitative estimate of drug-likeness (QED) is 0.604. The van der Waals surface area contributed by atoms with Crippen LogP contribution in [0.2, 0.25) is 5.02 Å². The van der Waals surface area contributed by atoms with Crippen LogP contribution in [0.25, 0.3) is 0 Å². The number of hydrogen-bond donors (Lipinski definition) is 2. The number of amides is 1. The van der Waals surface area contributed by atoms with Gasteiger partial charge in [0.15, 0.2) is 0 Å². The minimum absolute atomic E-state index is 0.0824. The van der Waals surface area contributed by atoms with Crippen LogP contribution >= 0.6 is 11.6 Å². The second-order valence-electron chi connectivity index (χ2n) is 6.21. The van der Waals surface area contributed by atoms with Gasteiger partial charge < -0.3 is 15.4 Å². The van der Waals surface area contributed by atoms with E-state index < -0.39 is 0 Å². The zero-order valence-corrected chi connectivity index (χ0v) is 16.2. The van der Waals surface area contributed by atoms with Crippen molar-refractivity contribution in [1.29, 1.82) is 0 Å². The molecule has 5 nitrogen and oxygen atoms in total. The van der Waals surface area contributed by atoms with Crippen LogP contribution in [0.3, 0.4) is 0 Å². The van der Waals surface area contributed by atoms with Crippen LogP contribution in [0.4, 0.5) is 21.6 Å². The topological polar surface area (TPSA) is 63.2 Å². The first-order valence-electron chi connectivity index (χ1n) is 8.56. The maximum Gasteiger partial charge on any atom is 0.228 e. The number of nitrogens with zero attached hydrogens (tertiary/aromatic N) is 1. The molecular weight excluding hydrogens is 381 g/mol. The van der Waals surface area contributed by atoms with Gasteiger partial charge in [-0.05, 0) is 48.4 Å². The summed E-state index contributed by atoms with van der Waals surface area (Å²) in [4.78, 5) is 16.4. The summed E-state index contributed by atoms with van der Waals surface area (Å²) in [5.74, 6) is 0.575. The average molecular weight is 400 g/mol. The highest BCUT2D eigenvalue weighted by molar-refractivity contribution is 6.31. The normalized spacial score (nSPS) is 10.4. The van der Waals surface area contributed by atoms with Crippen molar-refractivity contribution in [3.8, 4) is 5.75 Å². The number of benzene rings is 2. The highest BCUT2D eigenvalue weighted by Gasteiger charge is 2.09. The molecule has 0 saturated heterocycles. The third-order valence-electron chi connectivity index (χ3n) is 4.04. The van der Waals surface area contributed by atoms with Crippen LogP contribution in [0, 0.1) is 12.7 Å². The number of halogens is 2. The predicted octanol–water partition coefficient (Wildman–Crippen LogP) is 5.12. The van der Waals surface area contributed by atoms with Gasteiger partial charge in [-0.25, -0.2) is 9.37 Å². The number of aromatic nitrogens is 1. The van der Waals surface area contributed by atoms with Crippen LogP contribution in [-0.4, -0.2) is 18.0 Å². The van der Waals surface area contributed by atoms with E-state index in [0.717, 1.165) is 11.3 Å². The molecule has 28 heavy (non-hydrogen) atoms. The van der Waals surface area contributed by atoms with Crippen molar-refractivity contribution in [3.63, 3.8) is 0 Å². The van der Waals surface area contributed by atoms with E-state index in [-0.39, 0.29) is 18.1 Å². The lowest BCUT2D eigenvalue weighted by Crippen LogP contribution is -2.14. The number of methoxy groups -OCH3 is 1. The van der Waals surface area contributed by atoms with Crippen LogP contribution in [-0.2, 0) is 11.2 Å². The zero-order valence-electron chi connectivity index (χ0n) is 15.4. The van der Waals surface area contributed by atoms with Gasteiger partial charge >= 0.3 is 0 Å². The van der Waals surface area contributed by atoms with Crippen LogP contribution in [0.5, 0.6) is 5.75 Å². The molecule has 0 radical (unpaired) electrons. The first-order valence-corrected chi connectivity index (χ1v) is 8.94. The number of rotatable bonds is 6. The van der Waals surface area contributed by atoms with Crippen molar-refractivity contribution in [2.45, 2.75) is 13.3 Å². The molecule has 0 spiro atoms. The molecule has 0 unspecified atom stereocenters. The van der Waals surface area contributed by atoms with Crippen LogP contribution in [0.1, 0.15) is 11.1 Å². The van der Waals surface area contributed by atoms with E-state index in [1.54, 1.807) is 43.6 Å². The van der Waals surface area contributed by atoms with E-state index in [0.29, 0.717) is 27.8 Å². The number of carbonyl (C=O) groups excluding carboxylic acids is 1. The lowest BCUT2D eigenvalue weighted by molar-refractivity contribution is -0.115. The standard InChI is InChI=1S/C21H19ClFN3O2/c1-13-8-18(19(28-2)11-17(13)22)26-20-7-6-16(12-24-20)25-21(27)10-14-4-3-5-15(23)9-14/h3-9,11-12H,10H2,1-2H3,(H,24,26)(H,25,27). The SMILES string of the molecule is COc1cc(Cl)c(C)cc1Nc1ccc(NC(=O)Cc2cccc(F)c2)cn1. The molecule has 7 heteroatoms. The van der Waals surface area contributed by atoms with Crippen LogP contribution in [0.15, 0.2) is 54.7 Å². The number of pyridine rings is 1. The van der Waals surface area contributed by atoms with E-state index >= 15 is 0 Å². The van der Waals surface area contributed by atoms with Gasteiger partial charge in [0, 0.05) is 11.1 Å². The lowest BCUT2D eigenvalue weighted by atomic mass is 10.1. The molecule has 0 atom stereocenters. The number of hydrogen-bond acceptors (Lipinski definition) is 4. The summed E-state index contributed by atoms with van der Waals surface area (Å²) >= 11 is 6.12. The monoisotopic (exact) mass is 399 g/mol. The Morgan fingerprint density at radius 2 is 2.04 bits per heavy atom. The van der Waals surface area contributed by atoms with Crippen molar-refractivity contribution in [2.75, 3.05) is 17.7 Å². The molecule has 144 valence electrons. The van der Waals surface area contributed by atoms with Crippen molar-refractivity contribution in [1.82, 2.24) is 4.98 Å². The van der Waals surface area contributed by atoms with Crippen molar-refractivity contribution in [3.05, 3.63) is 76.7 Å². The zero-order chi connectivity index (χ0) is 20.1. The van der Waals surface area contributed by atoms with Gasteiger partial charge in [-0.15, -0.1) is 0 Å². The second kappa shape index (κ2) is 8.71. The molecule has 2 aromatic carbocycles. The van der Waals surface area contributed by atoms with E-state index in [1.165, 1.54) is 12.1 Å². The fourth-order valence-electron chi connectivity index (χ4n) is 2.65. The highest BCUT2D eigenvalue weighted by Crippen LogP contribution is 2.32. The number of aryl methyl sites for hydroxylation is 1. The fourth-order valence-corrected chi connectivity index (χ4v) is 2.80. The smallest absolute Gasteiger partial charge is 0.228 e. The summed E-state index contributed by atoms with van der Waals surface area (Å²) in [6.07, 6.45) is 1.63. The molecule has 0 saturated carbocycles. The molecule has 0 fully saturated rings. The van der Waals surface area contributed by atoms with Gasteiger partial charge in [-0.3, -0.25) is 4.79 Å². The highest BCUT2D eigenvalue weighted by atomic mass is 35.5. The molecule has 0 aliphatic rings. The summed E-state index contributed by atoms with van der Waals surface area (Å²) in [5, 5.41) is 6.53. The molecule has 1 aromatic heterocycles. The molecular formula is C21H19ClFN3O2. The van der Waals surface area contributed by atoms with Gasteiger partial charge in [0.2, 0.25) is 5.91 Å². The predicted molar refractivity (Wildman–Crippen MR) is 109 cm³/mol. The first-order chi connectivity index (χ1) is 13.4. The third-order valence-corrected chi connectivity index (χ3v) is 4.45. The Hall–Kier alpha value is -3.12. The minimum Gasteiger partial charge on any atom is -0.495 e. The third kappa shape index (κ3) is 4.98. The molecule has 1 amide bonds. The number of nitrogens with one attached hydrogen (secondary N) is 2. The Labute approximate surface area is 167 Å². The van der Waals surface area contributed by atoms with Crippen molar-refractivity contribution in [2.24, 2.45) is 0 Å². The summed E-state index contributed by atoms with van der Waals surface area (Å²) in [6, 6.07) is 13.0. The van der Waals surface area contributed by atoms with E-state index in [4.69, 9.17) is 16.3 Å². The fraction of sp³-hybridized carbons (Fsp3) is 0.143. The maximum atomic E-state index is 13.2. The number of anilines is 3. The summed E-state index contributed by atoms with van der Waals surface area (Å²) in [6.45, 7) is 1.90. The summed E-state index contributed by atoms with van der Waals surface area (Å²) in [7, 11) is 1.57. The molecule has 3 aromatic rings. The van der Waals surface area contributed by atoms with Crippen LogP contribution < -0.4 is 15.4 Å². The molecule has 0 bridgehead atoms. The number of carbonyl (C=O) groups is 1. The van der Waals surface area contributed by atoms with E-state index in [2.05, 4.69) is 15.6 Å². The lowest BCUT2D eigenvalue weighted by Gasteiger charge is -2.13. The Balaban J connectivity index is 1.65. The van der Waals surface area contributed by atoms with E-state index in [9.17, 15) is 9.18 Å². The van der Waals surface area contributed by atoms with Crippen molar-refractivity contribution >= 4 is 34.7 Å². The van der Waals surface area contributed by atoms with Gasteiger partial charge in [0.05, 0.1) is 31.1 Å². The molecule has 3 rings (SSSR count). The Kier molecular flexibility index (Phi) is 6.11. The molecule has 0 aliphatic carbocycles. The molecule has 1 heterocycles. The number of ether oxygens (including phenoxy) is 1. The van der Waals surface area contributed by atoms with Crippen molar-refractivity contribution < 1.29 is 13.9 Å². The Bertz CT molecular complexity index is 993. The summed E-state index contributed by atoms with van der Waals surface area (Å²) in [5.41, 5.74) is 2.80. The Morgan fingerprint density at radius 1 is 1.21 bits per heavy atom. The maximum absolute atomic E-state index is 13.2. The first kappa shape index (κ1) is 19.6. The Morgan fingerprint density at radius 3 is 2.71 bits per heavy atom. The molecule has 2 N–H and O–H groups in total. The van der Waals surface area contributed by atoms with Gasteiger partial charge in [-0.1, -0.05) is 23.7 Å². The second-order valence-corrected chi connectivity index (χ2v) is 6.62. The van der Waals surface area contributed by atoms with Gasteiger partial charge in [0.25, 0.3) is 0 Å². The van der Waals surface area contributed by atoms with Gasteiger partial charge in [0.1, 0.15) is 17.4 Å². The minimum atomic E-state index is -0.366. The largest absolute Gasteiger partial charge is 0.495 e.